The Hall–Kier alpha value is -4.19. The van der Waals surface area contributed by atoms with Crippen LogP contribution in [0.15, 0.2) is 42.5 Å². The lowest BCUT2D eigenvalue weighted by molar-refractivity contribution is -0.141. The van der Waals surface area contributed by atoms with Crippen LogP contribution >= 0.6 is 0 Å². The lowest BCUT2D eigenvalue weighted by Crippen LogP contribution is -2.56. The highest BCUT2D eigenvalue weighted by Crippen LogP contribution is 2.21. The Morgan fingerprint density at radius 2 is 1.74 bits per heavy atom. The zero-order valence-corrected chi connectivity index (χ0v) is 22.1. The molecular formula is C27H38N8O4. The van der Waals surface area contributed by atoms with E-state index in [9.17, 15) is 19.2 Å². The van der Waals surface area contributed by atoms with Gasteiger partial charge in [0.1, 0.15) is 18.1 Å². The first kappa shape index (κ1) is 29.4. The first-order valence-corrected chi connectivity index (χ1v) is 13.0. The highest BCUT2D eigenvalue weighted by atomic mass is 16.2. The van der Waals surface area contributed by atoms with Crippen molar-refractivity contribution in [3.05, 3.63) is 48.0 Å². The molecule has 1 aliphatic heterocycles. The minimum atomic E-state index is -0.924. The van der Waals surface area contributed by atoms with Gasteiger partial charge in [-0.3, -0.25) is 24.6 Å². The lowest BCUT2D eigenvalue weighted by atomic mass is 10.0. The summed E-state index contributed by atoms with van der Waals surface area (Å²) in [6.07, 6.45) is 1.92. The molecule has 0 unspecified atom stereocenters. The highest BCUT2D eigenvalue weighted by molar-refractivity contribution is 5.94. The number of rotatable bonds is 12. The van der Waals surface area contributed by atoms with Crippen molar-refractivity contribution in [3.8, 4) is 0 Å². The summed E-state index contributed by atoms with van der Waals surface area (Å²) in [6.45, 7) is 1.93. The molecule has 10 N–H and O–H groups in total. The van der Waals surface area contributed by atoms with Gasteiger partial charge in [-0.2, -0.15) is 0 Å². The van der Waals surface area contributed by atoms with Crippen LogP contribution in [-0.2, 0) is 25.6 Å². The van der Waals surface area contributed by atoms with Crippen molar-refractivity contribution < 1.29 is 19.2 Å². The Balaban J connectivity index is 1.71. The Kier molecular flexibility index (Phi) is 10.2. The molecule has 3 rings (SSSR count). The second-order valence-corrected chi connectivity index (χ2v) is 9.94. The Morgan fingerprint density at radius 3 is 2.41 bits per heavy atom. The van der Waals surface area contributed by atoms with Crippen LogP contribution in [0.25, 0.3) is 10.8 Å². The average Bonchev–Trinajstić information content (AvgIpc) is 3.28. The number of guanidine groups is 1. The van der Waals surface area contributed by atoms with Crippen LogP contribution in [0.4, 0.5) is 0 Å². The summed E-state index contributed by atoms with van der Waals surface area (Å²) >= 11 is 0. The molecule has 0 aromatic heterocycles. The Bertz CT molecular complexity index is 1220. The van der Waals surface area contributed by atoms with Crippen LogP contribution in [-0.4, -0.2) is 71.7 Å². The number of nitrogens with two attached hydrogens (primary N) is 3. The van der Waals surface area contributed by atoms with Crippen LogP contribution in [0.3, 0.4) is 0 Å². The van der Waals surface area contributed by atoms with E-state index in [2.05, 4.69) is 16.0 Å². The van der Waals surface area contributed by atoms with Gasteiger partial charge in [-0.1, -0.05) is 42.5 Å². The Labute approximate surface area is 227 Å². The maximum absolute atomic E-state index is 13.7. The standard InChI is InChI=1S/C27H38N8O4/c1-16(36)33-22(13-17-9-10-18-6-2-3-7-19(18)12-17)26(39)35-15-20(28)14-23(35)25(38)34-21(24(29)37)8-4-5-11-32-27(30)31/h2-3,6-7,9-10,12,20-23H,4-5,8,11,13-15,28H2,1H3,(H2,29,37)(H,33,36)(H,34,38)(H4,30,31,32)/t20-,21-,22-,23-/m0/s1. The Morgan fingerprint density at radius 1 is 1.03 bits per heavy atom. The molecule has 0 spiro atoms. The normalized spacial score (nSPS) is 18.3. The van der Waals surface area contributed by atoms with E-state index in [4.69, 9.17) is 22.6 Å². The molecule has 39 heavy (non-hydrogen) atoms. The molecule has 1 heterocycles. The molecule has 12 heteroatoms. The molecule has 4 amide bonds. The van der Waals surface area contributed by atoms with Gasteiger partial charge < -0.3 is 38.1 Å². The highest BCUT2D eigenvalue weighted by Gasteiger charge is 2.41. The fraction of sp³-hybridized carbons (Fsp3) is 0.444. The number of likely N-dealkylation sites (tertiary alicyclic amines) is 1. The molecule has 1 aliphatic rings. The zero-order chi connectivity index (χ0) is 28.5. The fourth-order valence-corrected chi connectivity index (χ4v) is 4.86. The van der Waals surface area contributed by atoms with Gasteiger partial charge in [0, 0.05) is 32.5 Å². The number of carbonyl (C=O) groups excluding carboxylic acids is 4. The number of hydrogen-bond donors (Lipinski definition) is 7. The summed E-state index contributed by atoms with van der Waals surface area (Å²) in [6, 6.07) is 10.5. The summed E-state index contributed by atoms with van der Waals surface area (Å²) < 4.78 is 0. The van der Waals surface area contributed by atoms with E-state index in [-0.39, 0.29) is 31.3 Å². The molecule has 1 fully saturated rings. The second-order valence-electron chi connectivity index (χ2n) is 9.94. The van der Waals surface area contributed by atoms with Gasteiger partial charge in [0.25, 0.3) is 0 Å². The quantitative estimate of drug-likeness (QED) is 0.106. The third-order valence-corrected chi connectivity index (χ3v) is 6.74. The number of benzene rings is 2. The fourth-order valence-electron chi connectivity index (χ4n) is 4.86. The van der Waals surface area contributed by atoms with Crippen LogP contribution in [0, 0.1) is 5.41 Å². The lowest BCUT2D eigenvalue weighted by Gasteiger charge is -2.29. The number of carbonyl (C=O) groups is 4. The maximum Gasteiger partial charge on any atom is 0.246 e. The number of hydrogen-bond acceptors (Lipinski definition) is 6. The number of amides is 4. The summed E-state index contributed by atoms with van der Waals surface area (Å²) in [5, 5.41) is 17.3. The summed E-state index contributed by atoms with van der Waals surface area (Å²) in [7, 11) is 0. The zero-order valence-electron chi connectivity index (χ0n) is 22.1. The number of nitrogens with one attached hydrogen (secondary N) is 4. The van der Waals surface area contributed by atoms with Crippen LogP contribution in [0.5, 0.6) is 0 Å². The third-order valence-electron chi connectivity index (χ3n) is 6.74. The van der Waals surface area contributed by atoms with E-state index >= 15 is 0 Å². The molecule has 4 atom stereocenters. The minimum Gasteiger partial charge on any atom is -0.370 e. The predicted octanol–water partition coefficient (Wildman–Crippen LogP) is -0.561. The van der Waals surface area contributed by atoms with Gasteiger partial charge in [-0.15, -0.1) is 0 Å². The second kappa shape index (κ2) is 13.6. The van der Waals surface area contributed by atoms with Gasteiger partial charge in [0.2, 0.25) is 23.6 Å². The molecule has 2 aromatic rings. The van der Waals surface area contributed by atoms with Gasteiger partial charge >= 0.3 is 0 Å². The number of unbranched alkanes of at least 4 members (excludes halogenated alkanes) is 1. The number of fused-ring (bicyclic) bond motifs is 1. The molecule has 0 bridgehead atoms. The monoisotopic (exact) mass is 538 g/mol. The summed E-state index contributed by atoms with van der Waals surface area (Å²) in [5.41, 5.74) is 17.8. The van der Waals surface area contributed by atoms with E-state index < -0.39 is 41.9 Å². The minimum absolute atomic E-state index is 0.142. The molecule has 0 aliphatic carbocycles. The van der Waals surface area contributed by atoms with Crippen LogP contribution in [0.2, 0.25) is 0 Å². The van der Waals surface area contributed by atoms with Crippen molar-refractivity contribution in [1.82, 2.24) is 20.9 Å². The van der Waals surface area contributed by atoms with Crippen molar-refractivity contribution >= 4 is 40.4 Å². The number of nitrogens with zero attached hydrogens (tertiary/aromatic N) is 1. The molecular weight excluding hydrogens is 500 g/mol. The van der Waals surface area contributed by atoms with Crippen LogP contribution in [0.1, 0.15) is 38.2 Å². The predicted molar refractivity (Wildman–Crippen MR) is 148 cm³/mol. The van der Waals surface area contributed by atoms with E-state index in [1.165, 1.54) is 11.8 Å². The van der Waals surface area contributed by atoms with Crippen molar-refractivity contribution in [2.24, 2.45) is 17.2 Å². The van der Waals surface area contributed by atoms with Crippen molar-refractivity contribution in [2.75, 3.05) is 13.1 Å². The molecule has 0 radical (unpaired) electrons. The molecule has 210 valence electrons. The van der Waals surface area contributed by atoms with E-state index in [0.29, 0.717) is 25.8 Å². The largest absolute Gasteiger partial charge is 0.370 e. The number of primary amides is 1. The van der Waals surface area contributed by atoms with E-state index in [1.807, 2.05) is 42.5 Å². The van der Waals surface area contributed by atoms with Crippen LogP contribution < -0.4 is 33.2 Å². The third kappa shape index (κ3) is 8.40. The first-order valence-electron chi connectivity index (χ1n) is 13.0. The molecule has 0 saturated carbocycles. The van der Waals surface area contributed by atoms with Crippen molar-refractivity contribution in [1.29, 1.82) is 5.41 Å². The maximum atomic E-state index is 13.7. The van der Waals surface area contributed by atoms with Gasteiger partial charge in [-0.05, 0) is 42.0 Å². The average molecular weight is 539 g/mol. The van der Waals surface area contributed by atoms with E-state index in [1.54, 1.807) is 0 Å². The molecule has 1 saturated heterocycles. The SMILES string of the molecule is CC(=O)N[C@@H](Cc1ccc2ccccc2c1)C(=O)N1C[C@@H](N)C[C@H]1C(=O)N[C@@H](CCCCNC(=N)N)C(N)=O. The summed E-state index contributed by atoms with van der Waals surface area (Å²) in [4.78, 5) is 52.3. The van der Waals surface area contributed by atoms with Crippen molar-refractivity contribution in [2.45, 2.75) is 63.2 Å². The topological polar surface area (TPSA) is 210 Å². The van der Waals surface area contributed by atoms with E-state index in [0.717, 1.165) is 16.3 Å². The summed E-state index contributed by atoms with van der Waals surface area (Å²) in [5.74, 6) is -2.14. The van der Waals surface area contributed by atoms with Gasteiger partial charge in [0.05, 0.1) is 0 Å². The first-order chi connectivity index (χ1) is 18.5. The molecule has 2 aromatic carbocycles. The van der Waals surface area contributed by atoms with Crippen molar-refractivity contribution in [3.63, 3.8) is 0 Å². The molecule has 12 nitrogen and oxygen atoms in total. The smallest absolute Gasteiger partial charge is 0.246 e. The van der Waals surface area contributed by atoms with Gasteiger partial charge in [0.15, 0.2) is 5.96 Å². The van der Waals surface area contributed by atoms with Gasteiger partial charge in [-0.25, -0.2) is 0 Å².